The second-order valence-corrected chi connectivity index (χ2v) is 7.23. The number of aryl methyl sites for hydroxylation is 1. The van der Waals surface area contributed by atoms with Crippen molar-refractivity contribution in [1.82, 2.24) is 0 Å². The van der Waals surface area contributed by atoms with Gasteiger partial charge in [0.2, 0.25) is 0 Å². The summed E-state index contributed by atoms with van der Waals surface area (Å²) in [6, 6.07) is 0. The molecule has 2 rings (SSSR count). The Morgan fingerprint density at radius 1 is 1.28 bits per heavy atom. The van der Waals surface area contributed by atoms with Crippen LogP contribution in [0.25, 0.3) is 0 Å². The van der Waals surface area contributed by atoms with Crippen molar-refractivity contribution in [3.05, 3.63) is 64.1 Å². The number of halogens is 1. The van der Waals surface area contributed by atoms with E-state index in [1.165, 1.54) is 23.5 Å². The number of fused-ring (bicyclic) bond motifs is 1. The van der Waals surface area contributed by atoms with Gasteiger partial charge in [0.15, 0.2) is 5.78 Å². The predicted octanol–water partition coefficient (Wildman–Crippen LogP) is 4.13. The Kier molecular flexibility index (Phi) is 6.93. The van der Waals surface area contributed by atoms with Gasteiger partial charge in [0.1, 0.15) is 5.00 Å². The molecule has 0 radical (unpaired) electrons. The molecule has 3 N–H and O–H groups in total. The van der Waals surface area contributed by atoms with Crippen LogP contribution < -0.4 is 11.1 Å². The normalized spacial score (nSPS) is 14.2. The molecule has 0 aliphatic heterocycles. The summed E-state index contributed by atoms with van der Waals surface area (Å²) in [6.07, 6.45) is 10.1. The molecule has 0 atom stereocenters. The summed E-state index contributed by atoms with van der Waals surface area (Å²) in [5, 5.41) is 3.74. The number of carbonyl (C=O) groups excluding carboxylic acids is 2. The first-order valence-corrected chi connectivity index (χ1v) is 9.21. The SMILES string of the molecule is C=C/C=C(\C=C/C(=C)Cl)C(=O)Nc1sc2c(c1C(=O)CN)CCCC2. The molecule has 0 saturated carbocycles. The van der Waals surface area contributed by atoms with Gasteiger partial charge in [-0.05, 0) is 43.4 Å². The second-order valence-electron chi connectivity index (χ2n) is 5.63. The van der Waals surface area contributed by atoms with Crippen molar-refractivity contribution in [3.8, 4) is 0 Å². The fourth-order valence-corrected chi connectivity index (χ4v) is 4.11. The molecule has 1 heterocycles. The number of nitrogens with two attached hydrogens (primary N) is 1. The number of thiophene rings is 1. The van der Waals surface area contributed by atoms with Gasteiger partial charge < -0.3 is 11.1 Å². The lowest BCUT2D eigenvalue weighted by Gasteiger charge is -2.12. The van der Waals surface area contributed by atoms with Crippen molar-refractivity contribution in [1.29, 1.82) is 0 Å². The molecule has 1 aliphatic carbocycles. The van der Waals surface area contributed by atoms with Gasteiger partial charge in [0, 0.05) is 15.5 Å². The number of hydrogen-bond donors (Lipinski definition) is 2. The van der Waals surface area contributed by atoms with Crippen molar-refractivity contribution in [2.75, 3.05) is 11.9 Å². The molecule has 1 aromatic heterocycles. The number of carbonyl (C=O) groups is 2. The first-order valence-electron chi connectivity index (χ1n) is 8.02. The smallest absolute Gasteiger partial charge is 0.256 e. The highest BCUT2D eigenvalue weighted by molar-refractivity contribution is 7.17. The summed E-state index contributed by atoms with van der Waals surface area (Å²) in [4.78, 5) is 26.1. The van der Waals surface area contributed by atoms with Crippen molar-refractivity contribution in [2.45, 2.75) is 25.7 Å². The molecule has 4 nitrogen and oxygen atoms in total. The van der Waals surface area contributed by atoms with Crippen LogP contribution in [0, 0.1) is 0 Å². The van der Waals surface area contributed by atoms with E-state index < -0.39 is 0 Å². The van der Waals surface area contributed by atoms with Crippen LogP contribution in [0.2, 0.25) is 0 Å². The van der Waals surface area contributed by atoms with E-state index in [9.17, 15) is 9.59 Å². The highest BCUT2D eigenvalue weighted by Crippen LogP contribution is 2.38. The molecule has 0 saturated heterocycles. The molecule has 6 heteroatoms. The number of amides is 1. The quantitative estimate of drug-likeness (QED) is 0.427. The highest BCUT2D eigenvalue weighted by atomic mass is 35.5. The third-order valence-electron chi connectivity index (χ3n) is 3.87. The van der Waals surface area contributed by atoms with Gasteiger partial charge in [0.25, 0.3) is 5.91 Å². The van der Waals surface area contributed by atoms with E-state index in [1.54, 1.807) is 12.2 Å². The second kappa shape index (κ2) is 8.94. The van der Waals surface area contributed by atoms with Gasteiger partial charge >= 0.3 is 0 Å². The lowest BCUT2D eigenvalue weighted by atomic mass is 9.94. The van der Waals surface area contributed by atoms with Crippen molar-refractivity contribution < 1.29 is 9.59 Å². The molecule has 25 heavy (non-hydrogen) atoms. The molecule has 0 bridgehead atoms. The Morgan fingerprint density at radius 3 is 2.64 bits per heavy atom. The summed E-state index contributed by atoms with van der Waals surface area (Å²) < 4.78 is 0. The average molecular weight is 377 g/mol. The molecule has 0 aromatic carbocycles. The molecule has 1 aliphatic rings. The van der Waals surface area contributed by atoms with E-state index >= 15 is 0 Å². The van der Waals surface area contributed by atoms with E-state index in [4.69, 9.17) is 17.3 Å². The van der Waals surface area contributed by atoms with E-state index in [0.717, 1.165) is 36.1 Å². The number of allylic oxidation sites excluding steroid dienone is 4. The highest BCUT2D eigenvalue weighted by Gasteiger charge is 2.25. The minimum Gasteiger partial charge on any atom is -0.324 e. The Bertz CT molecular complexity index is 775. The average Bonchev–Trinajstić information content (AvgIpc) is 2.95. The van der Waals surface area contributed by atoms with Crippen LogP contribution in [0.1, 0.15) is 33.6 Å². The fourth-order valence-electron chi connectivity index (χ4n) is 2.74. The van der Waals surface area contributed by atoms with Crippen LogP contribution in [0.4, 0.5) is 5.00 Å². The van der Waals surface area contributed by atoms with Gasteiger partial charge in [0.05, 0.1) is 12.1 Å². The van der Waals surface area contributed by atoms with E-state index in [-0.39, 0.29) is 18.2 Å². The molecule has 0 unspecified atom stereocenters. The first kappa shape index (κ1) is 19.4. The zero-order chi connectivity index (χ0) is 18.4. The van der Waals surface area contributed by atoms with Gasteiger partial charge in [-0.25, -0.2) is 0 Å². The number of hydrogen-bond acceptors (Lipinski definition) is 4. The van der Waals surface area contributed by atoms with Gasteiger partial charge in [-0.1, -0.05) is 36.9 Å². The third-order valence-corrected chi connectivity index (χ3v) is 5.20. The first-order chi connectivity index (χ1) is 12.0. The van der Waals surface area contributed by atoms with Crippen LogP contribution in [0.3, 0.4) is 0 Å². The Balaban J connectivity index is 2.35. The lowest BCUT2D eigenvalue weighted by molar-refractivity contribution is -0.112. The Hall–Kier alpha value is -1.95. The van der Waals surface area contributed by atoms with E-state index in [0.29, 0.717) is 21.2 Å². The minimum absolute atomic E-state index is 0.0760. The molecule has 1 amide bonds. The summed E-state index contributed by atoms with van der Waals surface area (Å²) in [6.45, 7) is 7.10. The fraction of sp³-hybridized carbons (Fsp3) is 0.263. The molecule has 132 valence electrons. The van der Waals surface area contributed by atoms with Gasteiger partial charge in [-0.15, -0.1) is 11.3 Å². The molecular weight excluding hydrogens is 356 g/mol. The summed E-state index contributed by atoms with van der Waals surface area (Å²) in [5.74, 6) is -0.479. The van der Waals surface area contributed by atoms with Crippen molar-refractivity contribution >= 4 is 39.6 Å². The topological polar surface area (TPSA) is 72.2 Å². The van der Waals surface area contributed by atoms with Gasteiger partial charge in [-0.3, -0.25) is 9.59 Å². The number of rotatable bonds is 7. The molecule has 0 spiro atoms. The minimum atomic E-state index is -0.335. The lowest BCUT2D eigenvalue weighted by Crippen LogP contribution is -2.19. The number of nitrogens with one attached hydrogen (secondary N) is 1. The van der Waals surface area contributed by atoms with Gasteiger partial charge in [-0.2, -0.15) is 0 Å². The maximum Gasteiger partial charge on any atom is 0.256 e. The summed E-state index contributed by atoms with van der Waals surface area (Å²) >= 11 is 7.18. The third kappa shape index (κ3) is 4.78. The van der Waals surface area contributed by atoms with Crippen LogP contribution in [-0.2, 0) is 17.6 Å². The Morgan fingerprint density at radius 2 is 2.00 bits per heavy atom. The van der Waals surface area contributed by atoms with Crippen molar-refractivity contribution in [2.24, 2.45) is 5.73 Å². The van der Waals surface area contributed by atoms with E-state index in [1.807, 2.05) is 0 Å². The standard InChI is InChI=1S/C19H21ClN2O2S/c1-3-6-13(10-9-12(2)20)18(24)22-19-17(15(23)11-21)14-7-4-5-8-16(14)25-19/h3,6,9-10H,1-2,4-5,7-8,11,21H2,(H,22,24)/b10-9-,13-6+. The molecule has 1 aromatic rings. The zero-order valence-electron chi connectivity index (χ0n) is 13.9. The number of ketones is 1. The predicted molar refractivity (Wildman–Crippen MR) is 105 cm³/mol. The largest absolute Gasteiger partial charge is 0.324 e. The molecule has 0 fully saturated rings. The summed E-state index contributed by atoms with van der Waals surface area (Å²) in [7, 11) is 0. The number of Topliss-reactive ketones (excluding diaryl/α,β-unsaturated/α-hetero) is 1. The van der Waals surface area contributed by atoms with Crippen LogP contribution >= 0.6 is 22.9 Å². The number of anilines is 1. The molecular formula is C19H21ClN2O2S. The zero-order valence-corrected chi connectivity index (χ0v) is 15.5. The maximum absolute atomic E-state index is 12.6. The maximum atomic E-state index is 12.6. The van der Waals surface area contributed by atoms with Crippen LogP contribution in [0.5, 0.6) is 0 Å². The van der Waals surface area contributed by atoms with Crippen LogP contribution in [-0.4, -0.2) is 18.2 Å². The van der Waals surface area contributed by atoms with Crippen LogP contribution in [0.15, 0.2) is 48.1 Å². The Labute approximate surface area is 156 Å². The summed E-state index contributed by atoms with van der Waals surface area (Å²) in [5.41, 5.74) is 7.55. The monoisotopic (exact) mass is 376 g/mol. The van der Waals surface area contributed by atoms with Crippen molar-refractivity contribution in [3.63, 3.8) is 0 Å². The van der Waals surface area contributed by atoms with E-state index in [2.05, 4.69) is 18.5 Å².